The molecule has 0 bridgehead atoms. The maximum atomic E-state index is 12.2. The van der Waals surface area contributed by atoms with Crippen molar-refractivity contribution in [1.82, 2.24) is 10.2 Å². The fraction of sp³-hybridized carbons (Fsp3) is 0.357. The van der Waals surface area contributed by atoms with Crippen molar-refractivity contribution in [2.24, 2.45) is 0 Å². The highest BCUT2D eigenvalue weighted by Gasteiger charge is 2.19. The lowest BCUT2D eigenvalue weighted by molar-refractivity contribution is -0.126. The zero-order valence-corrected chi connectivity index (χ0v) is 10.7. The first-order valence-corrected chi connectivity index (χ1v) is 6.01. The van der Waals surface area contributed by atoms with Gasteiger partial charge in [0, 0.05) is 37.8 Å². The van der Waals surface area contributed by atoms with E-state index in [1.54, 1.807) is 24.1 Å². The summed E-state index contributed by atoms with van der Waals surface area (Å²) in [6, 6.07) is 7.09. The molecule has 4 heteroatoms. The third kappa shape index (κ3) is 2.54. The van der Waals surface area contributed by atoms with Crippen molar-refractivity contribution in [3.05, 3.63) is 41.0 Å². The number of likely N-dealkylation sites (N-methyl/N-ethyl adjacent to an activating group) is 1. The molecule has 0 aliphatic carbocycles. The molecule has 1 fully saturated rings. The Balaban J connectivity index is 2.06. The number of phenols is 1. The summed E-state index contributed by atoms with van der Waals surface area (Å²) in [4.78, 5) is 13.8. The van der Waals surface area contributed by atoms with Gasteiger partial charge < -0.3 is 15.3 Å². The summed E-state index contributed by atoms with van der Waals surface area (Å²) in [5.74, 6) is 0.252. The first-order valence-electron chi connectivity index (χ1n) is 6.01. The summed E-state index contributed by atoms with van der Waals surface area (Å²) in [6.45, 7) is 3.90. The van der Waals surface area contributed by atoms with Crippen LogP contribution in [-0.2, 0) is 11.3 Å². The molecule has 18 heavy (non-hydrogen) atoms. The maximum absolute atomic E-state index is 12.2. The van der Waals surface area contributed by atoms with Crippen molar-refractivity contribution in [2.75, 3.05) is 20.1 Å². The second-order valence-corrected chi connectivity index (χ2v) is 4.62. The number of hydrogen-bond acceptors (Lipinski definition) is 3. The molecule has 2 N–H and O–H groups in total. The van der Waals surface area contributed by atoms with Gasteiger partial charge in [-0.25, -0.2) is 0 Å². The Hall–Kier alpha value is -1.81. The molecule has 0 aromatic heterocycles. The largest absolute Gasteiger partial charge is 0.508 e. The molecule has 2 rings (SSSR count). The molecule has 1 aromatic carbocycles. The van der Waals surface area contributed by atoms with Gasteiger partial charge in [0.1, 0.15) is 5.75 Å². The van der Waals surface area contributed by atoms with Crippen LogP contribution in [0, 0.1) is 0 Å². The van der Waals surface area contributed by atoms with Gasteiger partial charge in [-0.1, -0.05) is 18.2 Å². The zero-order chi connectivity index (χ0) is 13.1. The number of carbonyl (C=O) groups excluding carboxylic acids is 1. The molecule has 1 heterocycles. The van der Waals surface area contributed by atoms with Crippen LogP contribution >= 0.6 is 0 Å². The Labute approximate surface area is 107 Å². The number of nitrogens with one attached hydrogen (secondary N) is 1. The van der Waals surface area contributed by atoms with Crippen LogP contribution < -0.4 is 5.32 Å². The van der Waals surface area contributed by atoms with Gasteiger partial charge in [-0.05, 0) is 18.6 Å². The van der Waals surface area contributed by atoms with Crippen LogP contribution in [0.2, 0.25) is 0 Å². The van der Waals surface area contributed by atoms with Crippen LogP contribution in [0.15, 0.2) is 35.4 Å². The van der Waals surface area contributed by atoms with E-state index in [1.807, 2.05) is 19.1 Å². The number of carbonyl (C=O) groups is 1. The molecular formula is C14H18N2O2. The number of para-hydroxylation sites is 1. The average Bonchev–Trinajstić information content (AvgIpc) is 2.28. The van der Waals surface area contributed by atoms with Crippen LogP contribution in [0.1, 0.15) is 12.5 Å². The fourth-order valence-electron chi connectivity index (χ4n) is 1.92. The van der Waals surface area contributed by atoms with Crippen molar-refractivity contribution in [3.8, 4) is 5.75 Å². The van der Waals surface area contributed by atoms with Crippen molar-refractivity contribution >= 4 is 5.91 Å². The Morgan fingerprint density at radius 3 is 2.61 bits per heavy atom. The molecule has 0 saturated carbocycles. The van der Waals surface area contributed by atoms with Crippen LogP contribution in [0.3, 0.4) is 0 Å². The Kier molecular flexibility index (Phi) is 3.67. The highest BCUT2D eigenvalue weighted by atomic mass is 16.3. The Morgan fingerprint density at radius 1 is 1.39 bits per heavy atom. The summed E-state index contributed by atoms with van der Waals surface area (Å²) in [6.07, 6.45) is 0. The third-order valence-corrected chi connectivity index (χ3v) is 3.27. The molecule has 1 aromatic rings. The van der Waals surface area contributed by atoms with E-state index < -0.39 is 0 Å². The molecule has 96 valence electrons. The molecule has 0 radical (unpaired) electrons. The molecule has 4 nitrogen and oxygen atoms in total. The predicted octanol–water partition coefficient (Wildman–Crippen LogP) is 1.27. The lowest BCUT2D eigenvalue weighted by Crippen LogP contribution is -2.38. The average molecular weight is 246 g/mol. The van der Waals surface area contributed by atoms with Gasteiger partial charge in [0.05, 0.1) is 0 Å². The highest BCUT2D eigenvalue weighted by Crippen LogP contribution is 2.19. The lowest BCUT2D eigenvalue weighted by atomic mass is 10.0. The van der Waals surface area contributed by atoms with Crippen LogP contribution in [0.25, 0.3) is 0 Å². The molecular weight excluding hydrogens is 228 g/mol. The van der Waals surface area contributed by atoms with Crippen LogP contribution in [0.5, 0.6) is 5.75 Å². The summed E-state index contributed by atoms with van der Waals surface area (Å²) in [7, 11) is 1.75. The van der Waals surface area contributed by atoms with E-state index in [1.165, 1.54) is 5.57 Å². The van der Waals surface area contributed by atoms with E-state index in [2.05, 4.69) is 5.32 Å². The number of rotatable bonds is 3. The van der Waals surface area contributed by atoms with Gasteiger partial charge in [0.2, 0.25) is 5.91 Å². The number of aromatic hydroxyl groups is 1. The topological polar surface area (TPSA) is 52.6 Å². The molecule has 0 atom stereocenters. The third-order valence-electron chi connectivity index (χ3n) is 3.27. The number of amides is 1. The monoisotopic (exact) mass is 246 g/mol. The summed E-state index contributed by atoms with van der Waals surface area (Å²) in [5, 5.41) is 12.8. The second kappa shape index (κ2) is 5.23. The minimum absolute atomic E-state index is 0.0229. The van der Waals surface area contributed by atoms with Crippen molar-refractivity contribution in [1.29, 1.82) is 0 Å². The van der Waals surface area contributed by atoms with Crippen LogP contribution in [0.4, 0.5) is 0 Å². The fourth-order valence-corrected chi connectivity index (χ4v) is 1.92. The Bertz CT molecular complexity index is 488. The maximum Gasteiger partial charge on any atom is 0.249 e. The van der Waals surface area contributed by atoms with E-state index in [0.717, 1.165) is 24.2 Å². The van der Waals surface area contributed by atoms with Gasteiger partial charge in [-0.3, -0.25) is 4.79 Å². The smallest absolute Gasteiger partial charge is 0.249 e. The van der Waals surface area contributed by atoms with Gasteiger partial charge in [0.15, 0.2) is 0 Å². The highest BCUT2D eigenvalue weighted by molar-refractivity contribution is 5.93. The van der Waals surface area contributed by atoms with E-state index in [9.17, 15) is 9.90 Å². The Morgan fingerprint density at radius 2 is 2.06 bits per heavy atom. The number of phenolic OH excluding ortho intramolecular Hbond substituents is 1. The van der Waals surface area contributed by atoms with Crippen LogP contribution in [-0.4, -0.2) is 36.1 Å². The number of benzene rings is 1. The standard InChI is InChI=1S/C14H18N2O2/c1-10(12-7-15-8-12)14(18)16(2)9-11-5-3-4-6-13(11)17/h3-6,15,17H,7-9H2,1-2H3. The first kappa shape index (κ1) is 12.6. The second-order valence-electron chi connectivity index (χ2n) is 4.62. The summed E-state index contributed by atoms with van der Waals surface area (Å²) in [5.41, 5.74) is 2.74. The van der Waals surface area contributed by atoms with Crippen molar-refractivity contribution in [2.45, 2.75) is 13.5 Å². The molecule has 1 aliphatic heterocycles. The van der Waals surface area contributed by atoms with Gasteiger partial charge >= 0.3 is 0 Å². The van der Waals surface area contributed by atoms with E-state index >= 15 is 0 Å². The molecule has 0 spiro atoms. The SMILES string of the molecule is CC(C(=O)N(C)Cc1ccccc1O)=C1CNC1. The van der Waals surface area contributed by atoms with E-state index in [-0.39, 0.29) is 11.7 Å². The lowest BCUT2D eigenvalue weighted by Gasteiger charge is -2.24. The van der Waals surface area contributed by atoms with Crippen molar-refractivity contribution < 1.29 is 9.90 Å². The zero-order valence-electron chi connectivity index (χ0n) is 10.7. The molecule has 1 aliphatic rings. The van der Waals surface area contributed by atoms with E-state index in [4.69, 9.17) is 0 Å². The summed E-state index contributed by atoms with van der Waals surface area (Å²) >= 11 is 0. The first-order chi connectivity index (χ1) is 8.59. The number of hydrogen-bond donors (Lipinski definition) is 2. The summed E-state index contributed by atoms with van der Waals surface area (Å²) < 4.78 is 0. The van der Waals surface area contributed by atoms with E-state index in [0.29, 0.717) is 6.54 Å². The normalized spacial score (nSPS) is 14.0. The minimum Gasteiger partial charge on any atom is -0.508 e. The molecule has 1 amide bonds. The van der Waals surface area contributed by atoms with Crippen molar-refractivity contribution in [3.63, 3.8) is 0 Å². The molecule has 0 unspecified atom stereocenters. The predicted molar refractivity (Wildman–Crippen MR) is 70.2 cm³/mol. The molecule has 1 saturated heterocycles. The minimum atomic E-state index is 0.0229. The van der Waals surface area contributed by atoms with Gasteiger partial charge in [-0.2, -0.15) is 0 Å². The quantitative estimate of drug-likeness (QED) is 0.790. The van der Waals surface area contributed by atoms with Gasteiger partial charge in [-0.15, -0.1) is 0 Å². The van der Waals surface area contributed by atoms with Gasteiger partial charge in [0.25, 0.3) is 0 Å². The number of nitrogens with zero attached hydrogens (tertiary/aromatic N) is 1.